The van der Waals surface area contributed by atoms with Gasteiger partial charge in [0.25, 0.3) is 0 Å². The van der Waals surface area contributed by atoms with Gasteiger partial charge in [0.2, 0.25) is 0 Å². The van der Waals surface area contributed by atoms with Gasteiger partial charge in [-0.1, -0.05) is 72.8 Å². The molecule has 0 unspecified atom stereocenters. The predicted molar refractivity (Wildman–Crippen MR) is 96.7 cm³/mol. The number of hydrogen-bond donors (Lipinski definition) is 0. The molecule has 0 amide bonds. The Morgan fingerprint density at radius 2 is 1.33 bits per heavy atom. The summed E-state index contributed by atoms with van der Waals surface area (Å²) in [6.45, 7) is 0. The standard InChI is InChI=1S/C22H20O2/c1-24-20-14-12-18(13-15-20)21(17-8-4-2-5-9-17)16-22(23)19-10-6-3-7-11-19/h2-15,21H,16H2,1H3/t21-/m0/s1. The van der Waals surface area contributed by atoms with Gasteiger partial charge in [0.15, 0.2) is 5.78 Å². The van der Waals surface area contributed by atoms with Crippen LogP contribution in [0.25, 0.3) is 0 Å². The van der Waals surface area contributed by atoms with Gasteiger partial charge in [-0.05, 0) is 23.3 Å². The fourth-order valence-electron chi connectivity index (χ4n) is 2.88. The highest BCUT2D eigenvalue weighted by Gasteiger charge is 2.19. The van der Waals surface area contributed by atoms with E-state index in [-0.39, 0.29) is 11.7 Å². The second kappa shape index (κ2) is 7.60. The van der Waals surface area contributed by atoms with Crippen LogP contribution in [0.4, 0.5) is 0 Å². The zero-order valence-corrected chi connectivity index (χ0v) is 13.7. The van der Waals surface area contributed by atoms with E-state index in [1.54, 1.807) is 7.11 Å². The summed E-state index contributed by atoms with van der Waals surface area (Å²) in [4.78, 5) is 12.7. The highest BCUT2D eigenvalue weighted by molar-refractivity contribution is 5.96. The molecule has 0 aliphatic rings. The number of rotatable bonds is 6. The lowest BCUT2D eigenvalue weighted by Crippen LogP contribution is -2.09. The summed E-state index contributed by atoms with van der Waals surface area (Å²) in [5.74, 6) is 1.00. The molecule has 0 aliphatic carbocycles. The first-order chi connectivity index (χ1) is 11.8. The topological polar surface area (TPSA) is 26.3 Å². The molecule has 1 atom stereocenters. The summed E-state index contributed by atoms with van der Waals surface area (Å²) in [6, 6.07) is 27.6. The third-order valence-electron chi connectivity index (χ3n) is 4.21. The molecule has 0 aliphatic heterocycles. The average molecular weight is 316 g/mol. The summed E-state index contributed by atoms with van der Waals surface area (Å²) in [7, 11) is 1.66. The molecule has 0 aromatic heterocycles. The predicted octanol–water partition coefficient (Wildman–Crippen LogP) is 5.10. The van der Waals surface area contributed by atoms with Gasteiger partial charge in [-0.15, -0.1) is 0 Å². The van der Waals surface area contributed by atoms with E-state index in [2.05, 4.69) is 12.1 Å². The Balaban J connectivity index is 1.91. The van der Waals surface area contributed by atoms with Crippen molar-refractivity contribution in [3.8, 4) is 5.75 Å². The van der Waals surface area contributed by atoms with E-state index >= 15 is 0 Å². The molecule has 3 aromatic rings. The van der Waals surface area contributed by atoms with Crippen LogP contribution in [-0.4, -0.2) is 12.9 Å². The molecule has 2 nitrogen and oxygen atoms in total. The Morgan fingerprint density at radius 3 is 1.92 bits per heavy atom. The van der Waals surface area contributed by atoms with Gasteiger partial charge in [0.05, 0.1) is 7.11 Å². The lowest BCUT2D eigenvalue weighted by molar-refractivity contribution is 0.0977. The Labute approximate surface area is 142 Å². The lowest BCUT2D eigenvalue weighted by atomic mass is 9.86. The van der Waals surface area contributed by atoms with Crippen LogP contribution in [0.5, 0.6) is 5.75 Å². The first-order valence-electron chi connectivity index (χ1n) is 8.05. The zero-order chi connectivity index (χ0) is 16.8. The summed E-state index contributed by atoms with van der Waals surface area (Å²) in [5.41, 5.74) is 3.02. The van der Waals surface area contributed by atoms with E-state index < -0.39 is 0 Å². The number of hydrogen-bond acceptors (Lipinski definition) is 2. The van der Waals surface area contributed by atoms with Crippen LogP contribution in [0.2, 0.25) is 0 Å². The van der Waals surface area contributed by atoms with Crippen molar-refractivity contribution in [3.63, 3.8) is 0 Å². The Bertz CT molecular complexity index is 777. The van der Waals surface area contributed by atoms with Crippen molar-refractivity contribution in [1.29, 1.82) is 0 Å². The maximum absolute atomic E-state index is 12.7. The molecule has 0 N–H and O–H groups in total. The van der Waals surface area contributed by atoms with Gasteiger partial charge < -0.3 is 4.74 Å². The maximum Gasteiger partial charge on any atom is 0.163 e. The van der Waals surface area contributed by atoms with Crippen molar-refractivity contribution in [2.45, 2.75) is 12.3 Å². The summed E-state index contributed by atoms with van der Waals surface area (Å²) in [6.07, 6.45) is 0.445. The van der Waals surface area contributed by atoms with Crippen LogP contribution in [0, 0.1) is 0 Å². The summed E-state index contributed by atoms with van der Waals surface area (Å²) < 4.78 is 5.24. The minimum absolute atomic E-state index is 0.0322. The van der Waals surface area contributed by atoms with Crippen molar-refractivity contribution >= 4 is 5.78 Å². The van der Waals surface area contributed by atoms with Crippen molar-refractivity contribution in [1.82, 2.24) is 0 Å². The second-order valence-electron chi connectivity index (χ2n) is 5.73. The van der Waals surface area contributed by atoms with E-state index in [1.807, 2.05) is 72.8 Å². The minimum atomic E-state index is 0.0322. The second-order valence-corrected chi connectivity index (χ2v) is 5.73. The number of carbonyl (C=O) groups excluding carboxylic acids is 1. The molecule has 3 aromatic carbocycles. The molecule has 120 valence electrons. The van der Waals surface area contributed by atoms with Gasteiger partial charge in [-0.25, -0.2) is 0 Å². The molecule has 24 heavy (non-hydrogen) atoms. The molecule has 3 rings (SSSR count). The van der Waals surface area contributed by atoms with E-state index in [0.29, 0.717) is 6.42 Å². The smallest absolute Gasteiger partial charge is 0.163 e. The lowest BCUT2D eigenvalue weighted by Gasteiger charge is -2.18. The quantitative estimate of drug-likeness (QED) is 0.591. The molecule has 0 heterocycles. The van der Waals surface area contributed by atoms with Crippen molar-refractivity contribution in [2.24, 2.45) is 0 Å². The fourth-order valence-corrected chi connectivity index (χ4v) is 2.88. The van der Waals surface area contributed by atoms with E-state index in [0.717, 1.165) is 22.4 Å². The van der Waals surface area contributed by atoms with Crippen molar-refractivity contribution < 1.29 is 9.53 Å². The van der Waals surface area contributed by atoms with E-state index in [4.69, 9.17) is 4.74 Å². The highest BCUT2D eigenvalue weighted by Crippen LogP contribution is 2.30. The third-order valence-corrected chi connectivity index (χ3v) is 4.21. The Hall–Kier alpha value is -2.87. The molecular formula is C22H20O2. The van der Waals surface area contributed by atoms with Crippen LogP contribution in [-0.2, 0) is 0 Å². The third kappa shape index (κ3) is 3.72. The van der Waals surface area contributed by atoms with Gasteiger partial charge in [0.1, 0.15) is 5.75 Å². The van der Waals surface area contributed by atoms with Gasteiger partial charge in [-0.2, -0.15) is 0 Å². The largest absolute Gasteiger partial charge is 0.497 e. The van der Waals surface area contributed by atoms with Crippen molar-refractivity contribution in [2.75, 3.05) is 7.11 Å². The highest BCUT2D eigenvalue weighted by atomic mass is 16.5. The van der Waals surface area contributed by atoms with Crippen LogP contribution >= 0.6 is 0 Å². The van der Waals surface area contributed by atoms with Crippen LogP contribution in [0.1, 0.15) is 33.8 Å². The normalized spacial score (nSPS) is 11.7. The van der Waals surface area contributed by atoms with Crippen LogP contribution < -0.4 is 4.74 Å². The molecule has 0 saturated heterocycles. The fraction of sp³-hybridized carbons (Fsp3) is 0.136. The van der Waals surface area contributed by atoms with E-state index in [1.165, 1.54) is 0 Å². The molecule has 0 spiro atoms. The van der Waals surface area contributed by atoms with Crippen LogP contribution in [0.15, 0.2) is 84.9 Å². The molecule has 0 bridgehead atoms. The first-order valence-corrected chi connectivity index (χ1v) is 8.05. The van der Waals surface area contributed by atoms with Crippen LogP contribution in [0.3, 0.4) is 0 Å². The zero-order valence-electron chi connectivity index (χ0n) is 13.7. The number of ether oxygens (including phenoxy) is 1. The average Bonchev–Trinajstić information content (AvgIpc) is 2.67. The summed E-state index contributed by atoms with van der Waals surface area (Å²) >= 11 is 0. The van der Waals surface area contributed by atoms with E-state index in [9.17, 15) is 4.79 Å². The van der Waals surface area contributed by atoms with Gasteiger partial charge >= 0.3 is 0 Å². The SMILES string of the molecule is COc1ccc([C@@H](CC(=O)c2ccccc2)c2ccccc2)cc1. The number of methoxy groups -OCH3 is 1. The molecule has 2 heteroatoms. The molecule has 0 saturated carbocycles. The minimum Gasteiger partial charge on any atom is -0.497 e. The van der Waals surface area contributed by atoms with Crippen molar-refractivity contribution in [3.05, 3.63) is 102 Å². The monoisotopic (exact) mass is 316 g/mol. The number of benzene rings is 3. The molecule has 0 radical (unpaired) electrons. The number of carbonyl (C=O) groups is 1. The number of Topliss-reactive ketones (excluding diaryl/α,β-unsaturated/α-hetero) is 1. The number of ketones is 1. The van der Waals surface area contributed by atoms with Gasteiger partial charge in [-0.3, -0.25) is 4.79 Å². The Morgan fingerprint density at radius 1 is 0.792 bits per heavy atom. The Kier molecular flexibility index (Phi) is 5.07. The molecular weight excluding hydrogens is 296 g/mol. The maximum atomic E-state index is 12.7. The summed E-state index contributed by atoms with van der Waals surface area (Å²) in [5, 5.41) is 0. The first kappa shape index (κ1) is 16.0. The molecule has 0 fully saturated rings. The van der Waals surface area contributed by atoms with Gasteiger partial charge in [0, 0.05) is 17.9 Å².